The third kappa shape index (κ3) is 6.27. The first-order chi connectivity index (χ1) is 18.3. The van der Waals surface area contributed by atoms with Crippen molar-refractivity contribution in [2.45, 2.75) is 26.3 Å². The summed E-state index contributed by atoms with van der Waals surface area (Å²) in [5.41, 5.74) is 8.55. The molecule has 2 heterocycles. The zero-order valence-corrected chi connectivity index (χ0v) is 21.9. The summed E-state index contributed by atoms with van der Waals surface area (Å²) in [6.07, 6.45) is 1.65. The summed E-state index contributed by atoms with van der Waals surface area (Å²) in [6.45, 7) is 10.5. The summed E-state index contributed by atoms with van der Waals surface area (Å²) < 4.78 is 6.03. The summed E-state index contributed by atoms with van der Waals surface area (Å²) in [5.74, 6) is -0.157. The van der Waals surface area contributed by atoms with Gasteiger partial charge in [0.15, 0.2) is 11.5 Å². The van der Waals surface area contributed by atoms with E-state index < -0.39 is 5.91 Å². The molecule has 1 saturated heterocycles. The maximum Gasteiger partial charge on any atom is 0.271 e. The Balaban J connectivity index is 1.59. The number of primary amides is 1. The molecule has 0 saturated carbocycles. The van der Waals surface area contributed by atoms with Crippen LogP contribution in [-0.4, -0.2) is 59.4 Å². The molecule has 4 rings (SSSR count). The Bertz CT molecular complexity index is 1330. The Morgan fingerprint density at radius 2 is 1.92 bits per heavy atom. The van der Waals surface area contributed by atoms with Gasteiger partial charge in [-0.1, -0.05) is 19.6 Å². The van der Waals surface area contributed by atoms with E-state index in [1.807, 2.05) is 31.2 Å². The van der Waals surface area contributed by atoms with Gasteiger partial charge in [0.2, 0.25) is 11.8 Å². The number of anilines is 4. The molecular weight excluding hydrogens is 482 g/mol. The molecule has 0 unspecified atom stereocenters. The highest BCUT2D eigenvalue weighted by Crippen LogP contribution is 2.30. The van der Waals surface area contributed by atoms with E-state index in [0.717, 1.165) is 31.0 Å². The number of carbonyl (C=O) groups is 2. The van der Waals surface area contributed by atoms with Crippen LogP contribution in [0.1, 0.15) is 30.0 Å². The summed E-state index contributed by atoms with van der Waals surface area (Å²) in [6, 6.07) is 15.2. The Kier molecular flexibility index (Phi) is 8.22. The van der Waals surface area contributed by atoms with Gasteiger partial charge in [0.05, 0.1) is 0 Å². The lowest BCUT2D eigenvalue weighted by molar-refractivity contribution is -0.111. The van der Waals surface area contributed by atoms with Gasteiger partial charge in [-0.25, -0.2) is 4.98 Å². The van der Waals surface area contributed by atoms with Gasteiger partial charge in [-0.3, -0.25) is 9.59 Å². The standard InChI is InChI=1S/C28H33N7O3/c1-5-23-28(38-22-9-7-8-20(16-22)30-24(36)6-2)33-27(25(32-23)26(29)37)31-19-10-12-21(13-11-19)35-15-14-34(4)17-18(35)3/h6-13,16,18H,2,5,14-15,17H2,1,3-4H3,(H2,29,37)(H,30,36)(H,31,33)/t18-/m0/s1. The number of aromatic nitrogens is 2. The number of nitrogens with one attached hydrogen (secondary N) is 2. The number of hydrogen-bond acceptors (Lipinski definition) is 8. The van der Waals surface area contributed by atoms with E-state index in [4.69, 9.17) is 10.5 Å². The van der Waals surface area contributed by atoms with E-state index in [-0.39, 0.29) is 23.3 Å². The molecule has 1 fully saturated rings. The van der Waals surface area contributed by atoms with Crippen LogP contribution in [0.4, 0.5) is 22.9 Å². The Labute approximate surface area is 222 Å². The van der Waals surface area contributed by atoms with E-state index in [1.54, 1.807) is 24.3 Å². The highest BCUT2D eigenvalue weighted by molar-refractivity contribution is 5.99. The number of piperazine rings is 1. The second kappa shape index (κ2) is 11.7. The predicted molar refractivity (Wildman–Crippen MR) is 149 cm³/mol. The first-order valence-corrected chi connectivity index (χ1v) is 12.5. The van der Waals surface area contributed by atoms with E-state index in [1.165, 1.54) is 6.08 Å². The Hall–Kier alpha value is -4.44. The van der Waals surface area contributed by atoms with Crippen LogP contribution in [-0.2, 0) is 11.2 Å². The first kappa shape index (κ1) is 26.6. The Morgan fingerprint density at radius 3 is 2.58 bits per heavy atom. The molecule has 0 aliphatic carbocycles. The fourth-order valence-corrected chi connectivity index (χ4v) is 4.36. The van der Waals surface area contributed by atoms with Crippen molar-refractivity contribution in [3.63, 3.8) is 0 Å². The van der Waals surface area contributed by atoms with Crippen molar-refractivity contribution >= 4 is 34.7 Å². The van der Waals surface area contributed by atoms with E-state index in [0.29, 0.717) is 29.6 Å². The van der Waals surface area contributed by atoms with Crippen LogP contribution < -0.4 is 26.0 Å². The van der Waals surface area contributed by atoms with Gasteiger partial charge in [-0.05, 0) is 62.9 Å². The van der Waals surface area contributed by atoms with Gasteiger partial charge in [-0.15, -0.1) is 0 Å². The van der Waals surface area contributed by atoms with Crippen molar-refractivity contribution in [3.8, 4) is 11.6 Å². The van der Waals surface area contributed by atoms with Gasteiger partial charge in [0, 0.05) is 48.8 Å². The van der Waals surface area contributed by atoms with Gasteiger partial charge < -0.3 is 30.9 Å². The molecule has 1 aliphatic rings. The number of aryl methyl sites for hydroxylation is 1. The molecule has 2 aromatic carbocycles. The van der Waals surface area contributed by atoms with Crippen LogP contribution in [0.5, 0.6) is 11.6 Å². The number of nitrogens with two attached hydrogens (primary N) is 1. The Morgan fingerprint density at radius 1 is 1.16 bits per heavy atom. The summed E-state index contributed by atoms with van der Waals surface area (Å²) >= 11 is 0. The molecule has 38 heavy (non-hydrogen) atoms. The monoisotopic (exact) mass is 515 g/mol. The third-order valence-electron chi connectivity index (χ3n) is 6.29. The van der Waals surface area contributed by atoms with Crippen LogP contribution in [0.2, 0.25) is 0 Å². The first-order valence-electron chi connectivity index (χ1n) is 12.5. The van der Waals surface area contributed by atoms with Crippen LogP contribution in [0.3, 0.4) is 0 Å². The van der Waals surface area contributed by atoms with Gasteiger partial charge in [0.25, 0.3) is 5.91 Å². The maximum absolute atomic E-state index is 12.2. The molecule has 3 aromatic rings. The number of hydrogen-bond donors (Lipinski definition) is 3. The van der Waals surface area contributed by atoms with Crippen molar-refractivity contribution in [2.75, 3.05) is 42.2 Å². The summed E-state index contributed by atoms with van der Waals surface area (Å²) in [4.78, 5) is 37.6. The number of benzene rings is 2. The quantitative estimate of drug-likeness (QED) is 0.366. The topological polar surface area (TPSA) is 126 Å². The number of rotatable bonds is 9. The lowest BCUT2D eigenvalue weighted by Gasteiger charge is -2.39. The van der Waals surface area contributed by atoms with Crippen LogP contribution in [0, 0.1) is 0 Å². The maximum atomic E-state index is 12.2. The van der Waals surface area contributed by atoms with Crippen molar-refractivity contribution < 1.29 is 14.3 Å². The molecule has 0 spiro atoms. The lowest BCUT2D eigenvalue weighted by atomic mass is 10.1. The molecule has 198 valence electrons. The second-order valence-corrected chi connectivity index (χ2v) is 9.19. The number of carbonyl (C=O) groups excluding carboxylic acids is 2. The van der Waals surface area contributed by atoms with Crippen molar-refractivity contribution in [1.82, 2.24) is 14.9 Å². The fourth-order valence-electron chi connectivity index (χ4n) is 4.36. The van der Waals surface area contributed by atoms with Crippen molar-refractivity contribution in [1.29, 1.82) is 0 Å². The predicted octanol–water partition coefficient (Wildman–Crippen LogP) is 3.94. The average molecular weight is 516 g/mol. The number of likely N-dealkylation sites (N-methyl/N-ethyl adjacent to an activating group) is 1. The summed E-state index contributed by atoms with van der Waals surface area (Å²) in [5, 5.41) is 5.87. The van der Waals surface area contributed by atoms with Crippen LogP contribution >= 0.6 is 0 Å². The minimum Gasteiger partial charge on any atom is -0.437 e. The SMILES string of the molecule is C=CC(=O)Nc1cccc(Oc2nc(Nc3ccc(N4CCN(C)C[C@@H]4C)cc3)c(C(N)=O)nc2CC)c1. The molecule has 10 nitrogen and oxygen atoms in total. The highest BCUT2D eigenvalue weighted by Gasteiger charge is 2.22. The highest BCUT2D eigenvalue weighted by atomic mass is 16.5. The minimum atomic E-state index is -0.696. The normalized spacial score (nSPS) is 15.6. The number of nitrogens with zero attached hydrogens (tertiary/aromatic N) is 4. The minimum absolute atomic E-state index is 0.0259. The van der Waals surface area contributed by atoms with Gasteiger partial charge in [0.1, 0.15) is 11.4 Å². The molecule has 0 radical (unpaired) electrons. The smallest absolute Gasteiger partial charge is 0.271 e. The molecule has 1 atom stereocenters. The van der Waals surface area contributed by atoms with E-state index in [2.05, 4.69) is 51.0 Å². The second-order valence-electron chi connectivity index (χ2n) is 9.19. The number of ether oxygens (including phenoxy) is 1. The third-order valence-corrected chi connectivity index (χ3v) is 6.29. The molecule has 10 heteroatoms. The van der Waals surface area contributed by atoms with Gasteiger partial charge >= 0.3 is 0 Å². The average Bonchev–Trinajstić information content (AvgIpc) is 2.89. The number of amides is 2. The molecule has 1 aromatic heterocycles. The largest absolute Gasteiger partial charge is 0.437 e. The molecule has 4 N–H and O–H groups in total. The van der Waals surface area contributed by atoms with Crippen molar-refractivity contribution in [3.05, 3.63) is 72.6 Å². The van der Waals surface area contributed by atoms with E-state index >= 15 is 0 Å². The zero-order valence-electron chi connectivity index (χ0n) is 21.9. The van der Waals surface area contributed by atoms with Crippen LogP contribution in [0.25, 0.3) is 0 Å². The van der Waals surface area contributed by atoms with Crippen molar-refractivity contribution in [2.24, 2.45) is 5.73 Å². The molecular formula is C28H33N7O3. The van der Waals surface area contributed by atoms with E-state index in [9.17, 15) is 9.59 Å². The van der Waals surface area contributed by atoms with Crippen LogP contribution in [0.15, 0.2) is 61.2 Å². The summed E-state index contributed by atoms with van der Waals surface area (Å²) in [7, 11) is 2.14. The lowest BCUT2D eigenvalue weighted by Crippen LogP contribution is -2.50. The fraction of sp³-hybridized carbons (Fsp3) is 0.286. The molecule has 0 bridgehead atoms. The zero-order chi connectivity index (χ0) is 27.2. The molecule has 1 aliphatic heterocycles. The van der Waals surface area contributed by atoms with Gasteiger partial charge in [-0.2, -0.15) is 4.98 Å². The molecule has 2 amide bonds.